The maximum atomic E-state index is 12.9. The van der Waals surface area contributed by atoms with Gasteiger partial charge in [0.1, 0.15) is 17.4 Å². The lowest BCUT2D eigenvalue weighted by atomic mass is 10.1. The van der Waals surface area contributed by atoms with Crippen LogP contribution in [-0.4, -0.2) is 33.8 Å². The fourth-order valence-electron chi connectivity index (χ4n) is 2.03. The van der Waals surface area contributed by atoms with Gasteiger partial charge < -0.3 is 25.9 Å². The van der Waals surface area contributed by atoms with E-state index in [1.54, 1.807) is 6.92 Å². The zero-order valence-electron chi connectivity index (χ0n) is 13.8. The largest absolute Gasteiger partial charge is 0.501 e. The third kappa shape index (κ3) is 4.85. The van der Waals surface area contributed by atoms with Gasteiger partial charge in [0.05, 0.1) is 0 Å². The number of ether oxygens (including phenoxy) is 1. The summed E-state index contributed by atoms with van der Waals surface area (Å²) in [5.74, 6) is -1.83. The minimum atomic E-state index is -1.10. The van der Waals surface area contributed by atoms with Crippen LogP contribution in [-0.2, 0) is 17.7 Å². The number of aromatic nitrogens is 2. The summed E-state index contributed by atoms with van der Waals surface area (Å²) >= 11 is 0. The van der Waals surface area contributed by atoms with Crippen molar-refractivity contribution < 1.29 is 19.0 Å². The molecule has 8 nitrogen and oxygen atoms in total. The van der Waals surface area contributed by atoms with Crippen molar-refractivity contribution in [1.29, 1.82) is 0 Å². The highest BCUT2D eigenvalue weighted by Crippen LogP contribution is 2.12. The highest BCUT2D eigenvalue weighted by molar-refractivity contribution is 5.94. The number of hydrogen-bond acceptors (Lipinski definition) is 6. The Labute approximate surface area is 142 Å². The Morgan fingerprint density at radius 1 is 1.44 bits per heavy atom. The predicted octanol–water partition coefficient (Wildman–Crippen LogP) is 0.408. The third-order valence-electron chi connectivity index (χ3n) is 3.51. The van der Waals surface area contributed by atoms with Gasteiger partial charge in [0, 0.05) is 20.1 Å². The summed E-state index contributed by atoms with van der Waals surface area (Å²) in [7, 11) is 1.40. The highest BCUT2D eigenvalue weighted by atomic mass is 19.1. The zero-order valence-corrected chi connectivity index (χ0v) is 13.8. The van der Waals surface area contributed by atoms with Crippen molar-refractivity contribution in [2.75, 3.05) is 7.11 Å². The van der Waals surface area contributed by atoms with Gasteiger partial charge in [-0.25, -0.2) is 9.37 Å². The smallest absolute Gasteiger partial charge is 0.293 e. The first-order valence-electron chi connectivity index (χ1n) is 7.40. The van der Waals surface area contributed by atoms with Crippen LogP contribution in [0.2, 0.25) is 0 Å². The van der Waals surface area contributed by atoms with Crippen LogP contribution in [0.25, 0.3) is 0 Å². The molecule has 0 aliphatic rings. The van der Waals surface area contributed by atoms with Crippen LogP contribution in [0.15, 0.2) is 29.1 Å². The summed E-state index contributed by atoms with van der Waals surface area (Å²) in [6.07, 6.45) is 0.0251. The maximum absolute atomic E-state index is 12.9. The van der Waals surface area contributed by atoms with Gasteiger partial charge in [-0.1, -0.05) is 12.1 Å². The Morgan fingerprint density at radius 2 is 2.08 bits per heavy atom. The number of benzene rings is 1. The number of aromatic amines is 1. The molecule has 5 N–H and O–H groups in total. The van der Waals surface area contributed by atoms with Crippen LogP contribution in [0.4, 0.5) is 4.39 Å². The standard InChI is InChI=1S/C16H19FN4O4/c1-16(18,25-2)7-11-20-12(13(22)15(24)21-11)14(23)19-8-9-3-5-10(17)6-4-9/h3-6,22H,7-8,18H2,1-2H3,(H,19,23)(H,20,21,24). The number of nitrogens with two attached hydrogens (primary N) is 1. The monoisotopic (exact) mass is 350 g/mol. The molecular formula is C16H19FN4O4. The van der Waals surface area contributed by atoms with Crippen molar-refractivity contribution in [3.63, 3.8) is 0 Å². The molecule has 1 atom stereocenters. The maximum Gasteiger partial charge on any atom is 0.293 e. The van der Waals surface area contributed by atoms with Crippen molar-refractivity contribution in [1.82, 2.24) is 15.3 Å². The number of carbonyl (C=O) groups is 1. The number of nitrogens with zero attached hydrogens (tertiary/aromatic N) is 1. The van der Waals surface area contributed by atoms with Crippen LogP contribution in [0.3, 0.4) is 0 Å². The van der Waals surface area contributed by atoms with E-state index in [1.807, 2.05) is 0 Å². The quantitative estimate of drug-likeness (QED) is 0.558. The summed E-state index contributed by atoms with van der Waals surface area (Å²) in [6, 6.07) is 5.53. The second-order valence-corrected chi connectivity index (χ2v) is 5.71. The lowest BCUT2D eigenvalue weighted by Crippen LogP contribution is -2.41. The minimum Gasteiger partial charge on any atom is -0.501 e. The number of halogens is 1. The molecule has 0 radical (unpaired) electrons. The van der Waals surface area contributed by atoms with Crippen LogP contribution < -0.4 is 16.6 Å². The van der Waals surface area contributed by atoms with Crippen molar-refractivity contribution in [2.45, 2.75) is 25.6 Å². The number of carbonyl (C=O) groups excluding carboxylic acids is 1. The zero-order chi connectivity index (χ0) is 18.6. The van der Waals surface area contributed by atoms with E-state index < -0.39 is 34.5 Å². The second kappa shape index (κ2) is 7.41. The first-order chi connectivity index (χ1) is 11.7. The summed E-state index contributed by atoms with van der Waals surface area (Å²) in [6.45, 7) is 1.66. The Morgan fingerprint density at radius 3 is 2.68 bits per heavy atom. The second-order valence-electron chi connectivity index (χ2n) is 5.71. The van der Waals surface area contributed by atoms with Crippen molar-refractivity contribution in [3.8, 4) is 5.75 Å². The van der Waals surface area contributed by atoms with E-state index in [0.717, 1.165) is 0 Å². The molecule has 1 heterocycles. The van der Waals surface area contributed by atoms with Gasteiger partial charge in [-0.3, -0.25) is 9.59 Å². The number of aromatic hydroxyl groups is 1. The molecule has 0 aliphatic heterocycles. The summed E-state index contributed by atoms with van der Waals surface area (Å²) in [4.78, 5) is 30.3. The third-order valence-corrected chi connectivity index (χ3v) is 3.51. The Balaban J connectivity index is 2.19. The Bertz CT molecular complexity index is 818. The van der Waals surface area contributed by atoms with E-state index in [1.165, 1.54) is 31.4 Å². The SMILES string of the molecule is COC(C)(N)Cc1nc(C(=O)NCc2ccc(F)cc2)c(O)c(=O)[nH]1. The van der Waals surface area contributed by atoms with Crippen molar-refractivity contribution in [2.24, 2.45) is 5.73 Å². The molecule has 0 fully saturated rings. The van der Waals surface area contributed by atoms with Gasteiger partial charge in [-0.15, -0.1) is 0 Å². The van der Waals surface area contributed by atoms with Crippen molar-refractivity contribution in [3.05, 3.63) is 57.5 Å². The van der Waals surface area contributed by atoms with Gasteiger partial charge in [-0.2, -0.15) is 0 Å². The molecule has 0 spiro atoms. The van der Waals surface area contributed by atoms with E-state index in [9.17, 15) is 19.1 Å². The lowest BCUT2D eigenvalue weighted by Gasteiger charge is -2.22. The number of hydrogen-bond donors (Lipinski definition) is 4. The van der Waals surface area contributed by atoms with Crippen LogP contribution >= 0.6 is 0 Å². The summed E-state index contributed by atoms with van der Waals surface area (Å²) < 4.78 is 17.9. The molecule has 0 saturated heterocycles. The van der Waals surface area contributed by atoms with Gasteiger partial charge in [0.25, 0.3) is 11.5 Å². The Hall–Kier alpha value is -2.78. The van der Waals surface area contributed by atoms with E-state index in [0.29, 0.717) is 5.56 Å². The number of methoxy groups -OCH3 is 1. The molecule has 1 aromatic heterocycles. The minimum absolute atomic E-state index is 0.0251. The van der Waals surface area contributed by atoms with Crippen LogP contribution in [0.5, 0.6) is 5.75 Å². The summed E-state index contributed by atoms with van der Waals surface area (Å²) in [5, 5.41) is 12.3. The topological polar surface area (TPSA) is 130 Å². The summed E-state index contributed by atoms with van der Waals surface area (Å²) in [5.41, 5.74) is 4.09. The molecule has 9 heteroatoms. The van der Waals surface area contributed by atoms with Gasteiger partial charge >= 0.3 is 0 Å². The van der Waals surface area contributed by atoms with Crippen LogP contribution in [0.1, 0.15) is 28.8 Å². The number of nitrogens with one attached hydrogen (secondary N) is 2. The molecule has 134 valence electrons. The van der Waals surface area contributed by atoms with E-state index in [4.69, 9.17) is 10.5 Å². The first kappa shape index (κ1) is 18.6. The predicted molar refractivity (Wildman–Crippen MR) is 87.4 cm³/mol. The molecule has 1 aromatic carbocycles. The highest BCUT2D eigenvalue weighted by Gasteiger charge is 2.23. The molecule has 2 rings (SSSR count). The van der Waals surface area contributed by atoms with Crippen molar-refractivity contribution >= 4 is 5.91 Å². The molecule has 0 saturated carbocycles. The first-order valence-corrected chi connectivity index (χ1v) is 7.40. The molecular weight excluding hydrogens is 331 g/mol. The van der Waals surface area contributed by atoms with E-state index >= 15 is 0 Å². The van der Waals surface area contributed by atoms with E-state index in [-0.39, 0.29) is 18.8 Å². The van der Waals surface area contributed by atoms with Crippen LogP contribution in [0, 0.1) is 5.82 Å². The van der Waals surface area contributed by atoms with Gasteiger partial charge in [0.2, 0.25) is 5.75 Å². The molecule has 25 heavy (non-hydrogen) atoms. The van der Waals surface area contributed by atoms with Gasteiger partial charge in [0.15, 0.2) is 5.69 Å². The fraction of sp³-hybridized carbons (Fsp3) is 0.312. The Kier molecular flexibility index (Phi) is 5.50. The number of H-pyrrole nitrogens is 1. The van der Waals surface area contributed by atoms with E-state index in [2.05, 4.69) is 15.3 Å². The lowest BCUT2D eigenvalue weighted by molar-refractivity contribution is 0.0103. The molecule has 1 amide bonds. The number of rotatable bonds is 6. The molecule has 0 aliphatic carbocycles. The normalized spacial score (nSPS) is 13.3. The molecule has 0 bridgehead atoms. The fourth-order valence-corrected chi connectivity index (χ4v) is 2.03. The van der Waals surface area contributed by atoms with Gasteiger partial charge in [-0.05, 0) is 24.6 Å². The average Bonchev–Trinajstić information content (AvgIpc) is 2.57. The molecule has 2 aromatic rings. The molecule has 1 unspecified atom stereocenters. The number of amides is 1. The average molecular weight is 350 g/mol.